The fourth-order valence-electron chi connectivity index (χ4n) is 3.41. The summed E-state index contributed by atoms with van der Waals surface area (Å²) >= 11 is 0. The van der Waals surface area contributed by atoms with Gasteiger partial charge < -0.3 is 4.90 Å². The van der Waals surface area contributed by atoms with E-state index in [0.717, 1.165) is 32.7 Å². The molecule has 0 unspecified atom stereocenters. The van der Waals surface area contributed by atoms with E-state index in [9.17, 15) is 4.79 Å². The summed E-state index contributed by atoms with van der Waals surface area (Å²) in [5.74, 6) is 0.593. The minimum absolute atomic E-state index is 0.0755. The van der Waals surface area contributed by atoms with Crippen molar-refractivity contribution in [2.24, 2.45) is 0 Å². The highest BCUT2D eigenvalue weighted by Gasteiger charge is 2.21. The highest BCUT2D eigenvalue weighted by Crippen LogP contribution is 2.20. The normalized spacial score (nSPS) is 15.2. The molecule has 1 aliphatic rings. The number of hydrogen-bond donors (Lipinski definition) is 1. The molecule has 4 rings (SSSR count). The molecule has 3 aromatic rings. The second-order valence-corrected chi connectivity index (χ2v) is 6.55. The van der Waals surface area contributed by atoms with Crippen molar-refractivity contribution in [1.29, 1.82) is 0 Å². The third kappa shape index (κ3) is 3.68. The molecule has 0 aliphatic carbocycles. The number of nitrogens with zero attached hydrogens (tertiary/aromatic N) is 3. The standard InChI is InChI=1S/C21H22N4O/c26-21(23-20-10-3-4-11-22-20)25-14-12-24(13-15-25)16-18-8-5-7-17-6-1-2-9-19(17)18/h1-11H,12-16H2,(H,22,23,26). The minimum Gasteiger partial charge on any atom is -0.322 e. The quantitative estimate of drug-likeness (QED) is 0.788. The molecule has 2 aromatic carbocycles. The molecule has 0 saturated carbocycles. The number of fused-ring (bicyclic) bond motifs is 1. The summed E-state index contributed by atoms with van der Waals surface area (Å²) in [6.45, 7) is 4.11. The minimum atomic E-state index is -0.0755. The highest BCUT2D eigenvalue weighted by atomic mass is 16.2. The fourth-order valence-corrected chi connectivity index (χ4v) is 3.41. The maximum atomic E-state index is 12.4. The zero-order valence-electron chi connectivity index (χ0n) is 14.6. The molecular formula is C21H22N4O. The molecule has 0 radical (unpaired) electrons. The van der Waals surface area contributed by atoms with Gasteiger partial charge in [-0.2, -0.15) is 0 Å². The van der Waals surface area contributed by atoms with Gasteiger partial charge in [-0.25, -0.2) is 9.78 Å². The summed E-state index contributed by atoms with van der Waals surface area (Å²) < 4.78 is 0. The molecule has 2 amide bonds. The topological polar surface area (TPSA) is 48.5 Å². The van der Waals surface area contributed by atoms with Gasteiger partial charge in [0, 0.05) is 38.9 Å². The summed E-state index contributed by atoms with van der Waals surface area (Å²) in [7, 11) is 0. The van der Waals surface area contributed by atoms with Gasteiger partial charge in [-0.05, 0) is 28.5 Å². The number of pyridine rings is 1. The lowest BCUT2D eigenvalue weighted by molar-refractivity contribution is 0.143. The largest absolute Gasteiger partial charge is 0.323 e. The van der Waals surface area contributed by atoms with E-state index in [0.29, 0.717) is 5.82 Å². The predicted molar refractivity (Wildman–Crippen MR) is 104 cm³/mol. The predicted octanol–water partition coefficient (Wildman–Crippen LogP) is 3.58. The Bertz CT molecular complexity index is 883. The third-order valence-electron chi connectivity index (χ3n) is 4.83. The van der Waals surface area contributed by atoms with Gasteiger partial charge in [0.15, 0.2) is 0 Å². The summed E-state index contributed by atoms with van der Waals surface area (Å²) in [5.41, 5.74) is 1.34. The van der Waals surface area contributed by atoms with Crippen LogP contribution in [0, 0.1) is 0 Å². The van der Waals surface area contributed by atoms with Crippen LogP contribution in [-0.4, -0.2) is 47.0 Å². The molecule has 1 saturated heterocycles. The van der Waals surface area contributed by atoms with Gasteiger partial charge in [-0.1, -0.05) is 48.5 Å². The Morgan fingerprint density at radius 2 is 1.69 bits per heavy atom. The number of benzene rings is 2. The summed E-state index contributed by atoms with van der Waals surface area (Å²) in [4.78, 5) is 20.8. The van der Waals surface area contributed by atoms with E-state index in [1.807, 2.05) is 17.0 Å². The van der Waals surface area contributed by atoms with Gasteiger partial charge in [0.1, 0.15) is 5.82 Å². The Kier molecular flexibility index (Phi) is 4.80. The van der Waals surface area contributed by atoms with Crippen molar-refractivity contribution in [3.8, 4) is 0 Å². The zero-order valence-corrected chi connectivity index (χ0v) is 14.6. The maximum Gasteiger partial charge on any atom is 0.323 e. The number of aromatic nitrogens is 1. The number of carbonyl (C=O) groups excluding carboxylic acids is 1. The van der Waals surface area contributed by atoms with Crippen molar-refractivity contribution in [2.45, 2.75) is 6.54 Å². The molecule has 1 aliphatic heterocycles. The van der Waals surface area contributed by atoms with Crippen molar-refractivity contribution in [1.82, 2.24) is 14.8 Å². The Morgan fingerprint density at radius 1 is 0.923 bits per heavy atom. The third-order valence-corrected chi connectivity index (χ3v) is 4.83. The van der Waals surface area contributed by atoms with E-state index in [1.165, 1.54) is 16.3 Å². The van der Waals surface area contributed by atoms with Crippen molar-refractivity contribution in [3.63, 3.8) is 0 Å². The second-order valence-electron chi connectivity index (χ2n) is 6.55. The Labute approximate surface area is 153 Å². The van der Waals surface area contributed by atoms with Gasteiger partial charge in [0.05, 0.1) is 0 Å². The first-order chi connectivity index (χ1) is 12.8. The molecule has 5 nitrogen and oxygen atoms in total. The van der Waals surface area contributed by atoms with Crippen molar-refractivity contribution in [3.05, 3.63) is 72.4 Å². The number of carbonyl (C=O) groups is 1. The number of nitrogens with one attached hydrogen (secondary N) is 1. The average molecular weight is 346 g/mol. The van der Waals surface area contributed by atoms with E-state index in [1.54, 1.807) is 12.3 Å². The van der Waals surface area contributed by atoms with Crippen molar-refractivity contribution < 1.29 is 4.79 Å². The number of rotatable bonds is 3. The molecular weight excluding hydrogens is 324 g/mol. The van der Waals surface area contributed by atoms with Gasteiger partial charge in [-0.15, -0.1) is 0 Å². The van der Waals surface area contributed by atoms with Crippen LogP contribution in [0.2, 0.25) is 0 Å². The average Bonchev–Trinajstić information content (AvgIpc) is 2.70. The first kappa shape index (κ1) is 16.5. The molecule has 0 atom stereocenters. The van der Waals surface area contributed by atoms with Crippen LogP contribution in [0.3, 0.4) is 0 Å². The van der Waals surface area contributed by atoms with Crippen LogP contribution in [0.25, 0.3) is 10.8 Å². The van der Waals surface area contributed by atoms with Gasteiger partial charge in [0.25, 0.3) is 0 Å². The molecule has 132 valence electrons. The zero-order chi connectivity index (χ0) is 17.8. The summed E-state index contributed by atoms with van der Waals surface area (Å²) in [6, 6.07) is 20.4. The maximum absolute atomic E-state index is 12.4. The van der Waals surface area contributed by atoms with Gasteiger partial charge in [0.2, 0.25) is 0 Å². The molecule has 0 spiro atoms. The van der Waals surface area contributed by atoms with Crippen LogP contribution in [0.15, 0.2) is 66.9 Å². The van der Waals surface area contributed by atoms with E-state index >= 15 is 0 Å². The van der Waals surface area contributed by atoms with Crippen molar-refractivity contribution >= 4 is 22.6 Å². The first-order valence-electron chi connectivity index (χ1n) is 8.95. The molecule has 0 bridgehead atoms. The molecule has 26 heavy (non-hydrogen) atoms. The number of anilines is 1. The lowest BCUT2D eigenvalue weighted by Gasteiger charge is -2.34. The van der Waals surface area contributed by atoms with Crippen LogP contribution < -0.4 is 5.32 Å². The van der Waals surface area contributed by atoms with Crippen LogP contribution in [-0.2, 0) is 6.54 Å². The second kappa shape index (κ2) is 7.54. The lowest BCUT2D eigenvalue weighted by atomic mass is 10.0. The van der Waals surface area contributed by atoms with E-state index in [4.69, 9.17) is 0 Å². The first-order valence-corrected chi connectivity index (χ1v) is 8.95. The van der Waals surface area contributed by atoms with Gasteiger partial charge >= 0.3 is 6.03 Å². The Morgan fingerprint density at radius 3 is 2.50 bits per heavy atom. The Hall–Kier alpha value is -2.92. The summed E-state index contributed by atoms with van der Waals surface area (Å²) in [5, 5.41) is 5.44. The number of amides is 2. The molecule has 1 N–H and O–H groups in total. The smallest absolute Gasteiger partial charge is 0.322 e. The van der Waals surface area contributed by atoms with Gasteiger partial charge in [-0.3, -0.25) is 10.2 Å². The number of hydrogen-bond acceptors (Lipinski definition) is 3. The van der Waals surface area contributed by atoms with E-state index < -0.39 is 0 Å². The van der Waals surface area contributed by atoms with E-state index in [-0.39, 0.29) is 6.03 Å². The van der Waals surface area contributed by atoms with Crippen LogP contribution in [0.5, 0.6) is 0 Å². The van der Waals surface area contributed by atoms with Crippen LogP contribution in [0.1, 0.15) is 5.56 Å². The molecule has 5 heteroatoms. The highest BCUT2D eigenvalue weighted by molar-refractivity contribution is 5.88. The van der Waals surface area contributed by atoms with Crippen LogP contribution >= 0.6 is 0 Å². The SMILES string of the molecule is O=C(Nc1ccccn1)N1CCN(Cc2cccc3ccccc23)CC1. The van der Waals surface area contributed by atoms with Crippen molar-refractivity contribution in [2.75, 3.05) is 31.5 Å². The lowest BCUT2D eigenvalue weighted by Crippen LogP contribution is -2.49. The van der Waals surface area contributed by atoms with E-state index in [2.05, 4.69) is 57.7 Å². The fraction of sp³-hybridized carbons (Fsp3) is 0.238. The number of urea groups is 1. The number of piperazine rings is 1. The molecule has 1 fully saturated rings. The molecule has 1 aromatic heterocycles. The Balaban J connectivity index is 1.35. The summed E-state index contributed by atoms with van der Waals surface area (Å²) in [6.07, 6.45) is 1.68. The monoisotopic (exact) mass is 346 g/mol. The van der Waals surface area contributed by atoms with Crippen LogP contribution in [0.4, 0.5) is 10.6 Å². The molecule has 2 heterocycles.